The molecule has 0 aliphatic heterocycles. The summed E-state index contributed by atoms with van der Waals surface area (Å²) in [5.41, 5.74) is 2.23. The fraction of sp³-hybridized carbons (Fsp3) is 0.310. The summed E-state index contributed by atoms with van der Waals surface area (Å²) in [6, 6.07) is 22.1. The van der Waals surface area contributed by atoms with E-state index in [1.807, 2.05) is 45.0 Å². The van der Waals surface area contributed by atoms with E-state index >= 15 is 0 Å². The first-order chi connectivity index (χ1) is 29.8. The van der Waals surface area contributed by atoms with E-state index in [0.29, 0.717) is 63.8 Å². The number of nitrogens with one attached hydrogen (secondary N) is 5. The SMILES string of the molecule is COc1cc(Nc2cc(Oc3ccc(NC(=O)Nc4cc(C(C)(C)C)cc(NS(C)(=O)=O)c4OC)c4ccccc34)ccn2)ccc1C(=O)NCCOCCCOCOP(=O)(O)O. The molecule has 0 saturated carbocycles. The third-order valence-corrected chi connectivity index (χ3v) is 9.96. The van der Waals surface area contributed by atoms with Gasteiger partial charge in [0.1, 0.15) is 23.1 Å². The first-order valence-corrected chi connectivity index (χ1v) is 22.8. The molecular formula is C42H51N6O13PS. The minimum absolute atomic E-state index is 0.151. The molecule has 63 heavy (non-hydrogen) atoms. The number of rotatable bonds is 21. The van der Waals surface area contributed by atoms with Crippen molar-refractivity contribution in [3.05, 3.63) is 96.2 Å². The molecular weight excluding hydrogens is 860 g/mol. The lowest BCUT2D eigenvalue weighted by atomic mass is 9.86. The summed E-state index contributed by atoms with van der Waals surface area (Å²) in [6.07, 6.45) is 3.07. The molecule has 3 amide bonds. The molecule has 1 aromatic heterocycles. The lowest BCUT2D eigenvalue weighted by Gasteiger charge is -2.24. The van der Waals surface area contributed by atoms with Gasteiger partial charge in [0.15, 0.2) is 12.5 Å². The van der Waals surface area contributed by atoms with E-state index in [1.54, 1.807) is 60.8 Å². The van der Waals surface area contributed by atoms with Crippen LogP contribution in [-0.2, 0) is 34.0 Å². The van der Waals surface area contributed by atoms with E-state index in [9.17, 15) is 22.6 Å². The van der Waals surface area contributed by atoms with Crippen molar-refractivity contribution >= 4 is 69.1 Å². The maximum absolute atomic E-state index is 13.5. The van der Waals surface area contributed by atoms with Gasteiger partial charge in [-0.25, -0.2) is 22.8 Å². The van der Waals surface area contributed by atoms with E-state index < -0.39 is 30.7 Å². The number of fused-ring (bicyclic) bond motifs is 1. The zero-order chi connectivity index (χ0) is 45.8. The van der Waals surface area contributed by atoms with Gasteiger partial charge in [0.2, 0.25) is 10.0 Å². The number of anilines is 5. The normalized spacial score (nSPS) is 11.7. The second-order valence-electron chi connectivity index (χ2n) is 14.9. The molecule has 5 rings (SSSR count). The smallest absolute Gasteiger partial charge is 0.471 e. The van der Waals surface area contributed by atoms with Gasteiger partial charge in [-0.15, -0.1) is 0 Å². The van der Waals surface area contributed by atoms with E-state index in [4.69, 9.17) is 33.5 Å². The van der Waals surface area contributed by atoms with Gasteiger partial charge in [0.05, 0.1) is 56.3 Å². The molecule has 0 spiro atoms. The molecule has 1 heterocycles. The first kappa shape index (κ1) is 48.0. The number of sulfonamides is 1. The Morgan fingerprint density at radius 2 is 1.52 bits per heavy atom. The number of aromatic nitrogens is 1. The molecule has 0 unspecified atom stereocenters. The van der Waals surface area contributed by atoms with Crippen LogP contribution in [0.5, 0.6) is 23.0 Å². The largest absolute Gasteiger partial charge is 0.496 e. The molecule has 0 bridgehead atoms. The molecule has 5 aromatic rings. The van der Waals surface area contributed by atoms with Gasteiger partial charge in [0, 0.05) is 47.9 Å². The van der Waals surface area contributed by atoms with Crippen molar-refractivity contribution in [3.63, 3.8) is 0 Å². The van der Waals surface area contributed by atoms with Crippen LogP contribution in [-0.4, -0.2) is 88.8 Å². The Labute approximate surface area is 365 Å². The maximum Gasteiger partial charge on any atom is 0.471 e. The third-order valence-electron chi connectivity index (χ3n) is 8.93. The monoisotopic (exact) mass is 910 g/mol. The molecule has 338 valence electrons. The van der Waals surface area contributed by atoms with Crippen molar-refractivity contribution in [3.8, 4) is 23.0 Å². The lowest BCUT2D eigenvalue weighted by molar-refractivity contribution is -0.0101. The van der Waals surface area contributed by atoms with Crippen LogP contribution in [0.2, 0.25) is 0 Å². The second kappa shape index (κ2) is 21.4. The Morgan fingerprint density at radius 1 is 0.810 bits per heavy atom. The van der Waals surface area contributed by atoms with Crippen LogP contribution >= 0.6 is 7.82 Å². The molecule has 0 radical (unpaired) electrons. The summed E-state index contributed by atoms with van der Waals surface area (Å²) < 4.78 is 69.5. The van der Waals surface area contributed by atoms with Crippen molar-refractivity contribution in [2.45, 2.75) is 32.6 Å². The minimum atomic E-state index is -4.57. The predicted molar refractivity (Wildman–Crippen MR) is 239 cm³/mol. The van der Waals surface area contributed by atoms with Gasteiger partial charge in [-0.2, -0.15) is 0 Å². The van der Waals surface area contributed by atoms with Gasteiger partial charge >= 0.3 is 13.9 Å². The fourth-order valence-electron chi connectivity index (χ4n) is 6.03. The van der Waals surface area contributed by atoms with Crippen molar-refractivity contribution in [2.75, 3.05) is 74.3 Å². The standard InChI is InChI=1S/C42H51N6O13PS/c1-42(2,3)27-22-34(39(57-5)35(23-27)48-63(6,54)55)47-41(50)46-33-14-15-36(31-11-8-7-10-30(31)33)61-29-16-17-43-38(25-29)45-28-12-13-32(37(24-28)56-4)40(49)44-18-21-58-19-9-20-59-26-60-62(51,52)53/h7-8,10-17,22-25,48H,9,18-21,26H2,1-6H3,(H,43,45)(H,44,49)(H2,46,47,50)(H2,51,52,53). The number of pyridine rings is 1. The molecule has 4 aromatic carbocycles. The third kappa shape index (κ3) is 14.5. The number of urea groups is 1. The number of phosphoric ester groups is 1. The maximum atomic E-state index is 13.5. The summed E-state index contributed by atoms with van der Waals surface area (Å²) in [5.74, 6) is 1.52. The van der Waals surface area contributed by atoms with Crippen LogP contribution in [0.3, 0.4) is 0 Å². The Balaban J connectivity index is 1.21. The van der Waals surface area contributed by atoms with Gasteiger partial charge in [0.25, 0.3) is 5.91 Å². The van der Waals surface area contributed by atoms with Crippen molar-refractivity contribution in [1.82, 2.24) is 10.3 Å². The van der Waals surface area contributed by atoms with Crippen molar-refractivity contribution < 1.29 is 60.6 Å². The number of carbonyl (C=O) groups is 2. The van der Waals surface area contributed by atoms with Crippen molar-refractivity contribution in [1.29, 1.82) is 0 Å². The van der Waals surface area contributed by atoms with E-state index in [-0.39, 0.29) is 48.2 Å². The van der Waals surface area contributed by atoms with Crippen LogP contribution in [0, 0.1) is 0 Å². The van der Waals surface area contributed by atoms with Crippen LogP contribution in [0.1, 0.15) is 43.1 Å². The number of hydrogen-bond acceptors (Lipinski definition) is 13. The highest BCUT2D eigenvalue weighted by Gasteiger charge is 2.23. The molecule has 19 nitrogen and oxygen atoms in total. The zero-order valence-electron chi connectivity index (χ0n) is 35.5. The van der Waals surface area contributed by atoms with Gasteiger partial charge < -0.3 is 54.7 Å². The minimum Gasteiger partial charge on any atom is -0.496 e. The van der Waals surface area contributed by atoms with Crippen LogP contribution in [0.15, 0.2) is 85.1 Å². The highest BCUT2D eigenvalue weighted by atomic mass is 32.2. The quantitative estimate of drug-likeness (QED) is 0.0216. The van der Waals surface area contributed by atoms with Crippen molar-refractivity contribution in [2.24, 2.45) is 0 Å². The fourth-order valence-corrected chi connectivity index (χ4v) is 6.79. The Morgan fingerprint density at radius 3 is 2.22 bits per heavy atom. The number of benzene rings is 4. The number of nitrogens with zero attached hydrogens (tertiary/aromatic N) is 1. The van der Waals surface area contributed by atoms with E-state index in [2.05, 4.69) is 35.5 Å². The number of ether oxygens (including phenoxy) is 5. The molecule has 0 saturated heterocycles. The summed E-state index contributed by atoms with van der Waals surface area (Å²) >= 11 is 0. The van der Waals surface area contributed by atoms with Gasteiger partial charge in [-0.05, 0) is 59.9 Å². The molecule has 21 heteroatoms. The van der Waals surface area contributed by atoms with E-state index in [1.165, 1.54) is 14.2 Å². The lowest BCUT2D eigenvalue weighted by Crippen LogP contribution is -2.27. The summed E-state index contributed by atoms with van der Waals surface area (Å²) in [7, 11) is -5.39. The van der Waals surface area contributed by atoms with Crippen LogP contribution in [0.4, 0.5) is 33.4 Å². The Bertz CT molecular complexity index is 2570. The molecule has 0 aliphatic rings. The highest BCUT2D eigenvalue weighted by Crippen LogP contribution is 2.40. The van der Waals surface area contributed by atoms with Crippen LogP contribution in [0.25, 0.3) is 10.8 Å². The Hall–Kier alpha value is -5.99. The second-order valence-corrected chi connectivity index (χ2v) is 17.8. The van der Waals surface area contributed by atoms with E-state index in [0.717, 1.165) is 11.8 Å². The number of methoxy groups -OCH3 is 2. The Kier molecular flexibility index (Phi) is 16.3. The zero-order valence-corrected chi connectivity index (χ0v) is 37.2. The topological polar surface area (TPSA) is 254 Å². The first-order valence-electron chi connectivity index (χ1n) is 19.4. The number of phosphoric acid groups is 1. The average molecular weight is 911 g/mol. The van der Waals surface area contributed by atoms with Gasteiger partial charge in [-0.3, -0.25) is 14.0 Å². The summed E-state index contributed by atoms with van der Waals surface area (Å²) in [6.45, 7) is 6.31. The molecule has 0 fully saturated rings. The van der Waals surface area contributed by atoms with Gasteiger partial charge in [-0.1, -0.05) is 45.0 Å². The highest BCUT2D eigenvalue weighted by molar-refractivity contribution is 7.92. The molecule has 7 N–H and O–H groups in total. The number of hydrogen-bond donors (Lipinski definition) is 7. The summed E-state index contributed by atoms with van der Waals surface area (Å²) in [5, 5.41) is 13.1. The van der Waals surface area contributed by atoms with Crippen LogP contribution < -0.4 is 40.2 Å². The summed E-state index contributed by atoms with van der Waals surface area (Å²) in [4.78, 5) is 48.1. The number of amides is 3. The number of carbonyl (C=O) groups excluding carboxylic acids is 2. The average Bonchev–Trinajstić information content (AvgIpc) is 3.21. The predicted octanol–water partition coefficient (Wildman–Crippen LogP) is 7.32. The molecule has 0 atom stereocenters. The molecule has 0 aliphatic carbocycles.